The fourth-order valence-electron chi connectivity index (χ4n) is 2.48. The molecule has 1 heterocycles. The average Bonchev–Trinajstić information content (AvgIpc) is 2.98. The zero-order valence-electron chi connectivity index (χ0n) is 12.3. The van der Waals surface area contributed by atoms with Gasteiger partial charge in [-0.25, -0.2) is 0 Å². The van der Waals surface area contributed by atoms with Crippen molar-refractivity contribution in [3.8, 4) is 5.75 Å². The third-order valence-electron chi connectivity index (χ3n) is 3.64. The Morgan fingerprint density at radius 3 is 2.77 bits per heavy atom. The standard InChI is InChI=1S/C15H19ClF3NO2/c1-2-21-9-14(10-5-6-20-8-10)22-13-4-3-11(16)7-12(13)15(17,18)19/h3-4,7,10,14,20H,2,5-6,8-9H2,1H3/t10-,14-/m0/s1. The molecule has 0 spiro atoms. The number of ether oxygens (including phenoxy) is 2. The Bertz CT molecular complexity index is 490. The molecule has 0 aromatic heterocycles. The molecule has 0 aliphatic carbocycles. The number of hydrogen-bond acceptors (Lipinski definition) is 3. The molecule has 7 heteroatoms. The van der Waals surface area contributed by atoms with Gasteiger partial charge in [-0.15, -0.1) is 0 Å². The number of rotatable bonds is 6. The SMILES string of the molecule is CCOC[C@H](Oc1ccc(Cl)cc1C(F)(F)F)[C@H]1CCNC1. The molecular formula is C15H19ClF3NO2. The van der Waals surface area contributed by atoms with E-state index in [1.54, 1.807) is 0 Å². The van der Waals surface area contributed by atoms with Crippen molar-refractivity contribution in [2.45, 2.75) is 25.6 Å². The summed E-state index contributed by atoms with van der Waals surface area (Å²) in [5.41, 5.74) is -0.854. The highest BCUT2D eigenvalue weighted by Gasteiger charge is 2.36. The van der Waals surface area contributed by atoms with E-state index in [0.29, 0.717) is 13.2 Å². The van der Waals surface area contributed by atoms with Crippen LogP contribution in [0, 0.1) is 5.92 Å². The first kappa shape index (κ1) is 17.4. The lowest BCUT2D eigenvalue weighted by molar-refractivity contribution is -0.139. The van der Waals surface area contributed by atoms with Gasteiger partial charge in [0, 0.05) is 24.1 Å². The van der Waals surface area contributed by atoms with Crippen LogP contribution in [0.25, 0.3) is 0 Å². The molecular weight excluding hydrogens is 319 g/mol. The largest absolute Gasteiger partial charge is 0.487 e. The Morgan fingerprint density at radius 2 is 2.18 bits per heavy atom. The van der Waals surface area contributed by atoms with Gasteiger partial charge in [0.15, 0.2) is 0 Å². The summed E-state index contributed by atoms with van der Waals surface area (Å²) >= 11 is 5.68. The molecule has 0 bridgehead atoms. The Hall–Kier alpha value is -0.980. The number of halogens is 4. The number of nitrogens with one attached hydrogen (secondary N) is 1. The van der Waals surface area contributed by atoms with Crippen molar-refractivity contribution in [1.82, 2.24) is 5.32 Å². The first-order valence-electron chi connectivity index (χ1n) is 7.23. The highest BCUT2D eigenvalue weighted by molar-refractivity contribution is 6.30. The molecule has 1 N–H and O–H groups in total. The predicted octanol–water partition coefficient (Wildman–Crippen LogP) is 3.75. The van der Waals surface area contributed by atoms with Gasteiger partial charge in [-0.2, -0.15) is 13.2 Å². The van der Waals surface area contributed by atoms with Gasteiger partial charge in [0.25, 0.3) is 0 Å². The minimum absolute atomic E-state index is 0.0311. The number of benzene rings is 1. The Labute approximate surface area is 132 Å². The zero-order valence-corrected chi connectivity index (χ0v) is 13.0. The van der Waals surface area contributed by atoms with Gasteiger partial charge in [0.1, 0.15) is 11.9 Å². The van der Waals surface area contributed by atoms with Crippen LogP contribution in [0.1, 0.15) is 18.9 Å². The Kier molecular flexibility index (Phi) is 5.94. The maximum Gasteiger partial charge on any atom is 0.420 e. The van der Waals surface area contributed by atoms with E-state index in [9.17, 15) is 13.2 Å². The molecule has 1 aromatic rings. The Morgan fingerprint density at radius 1 is 1.41 bits per heavy atom. The highest BCUT2D eigenvalue weighted by atomic mass is 35.5. The molecule has 1 aromatic carbocycles. The molecule has 0 radical (unpaired) electrons. The molecule has 1 fully saturated rings. The van der Waals surface area contributed by atoms with Crippen LogP contribution in [0.3, 0.4) is 0 Å². The minimum Gasteiger partial charge on any atom is -0.487 e. The maximum atomic E-state index is 13.1. The lowest BCUT2D eigenvalue weighted by atomic mass is 10.0. The summed E-state index contributed by atoms with van der Waals surface area (Å²) < 4.78 is 50.4. The van der Waals surface area contributed by atoms with E-state index >= 15 is 0 Å². The summed E-state index contributed by atoms with van der Waals surface area (Å²) in [6.45, 7) is 4.15. The summed E-state index contributed by atoms with van der Waals surface area (Å²) in [5.74, 6) is -0.0724. The lowest BCUT2D eigenvalue weighted by Crippen LogP contribution is -2.34. The van der Waals surface area contributed by atoms with Gasteiger partial charge in [-0.05, 0) is 38.1 Å². The van der Waals surface area contributed by atoms with E-state index in [-0.39, 0.29) is 23.3 Å². The highest BCUT2D eigenvalue weighted by Crippen LogP contribution is 2.38. The van der Waals surface area contributed by atoms with E-state index in [4.69, 9.17) is 21.1 Å². The van der Waals surface area contributed by atoms with Crippen molar-refractivity contribution in [3.63, 3.8) is 0 Å². The first-order valence-corrected chi connectivity index (χ1v) is 7.61. The van der Waals surface area contributed by atoms with E-state index < -0.39 is 17.8 Å². The van der Waals surface area contributed by atoms with Crippen LogP contribution in [-0.4, -0.2) is 32.4 Å². The van der Waals surface area contributed by atoms with Gasteiger partial charge < -0.3 is 14.8 Å². The van der Waals surface area contributed by atoms with Gasteiger partial charge in [0.2, 0.25) is 0 Å². The van der Waals surface area contributed by atoms with Crippen molar-refractivity contribution in [3.05, 3.63) is 28.8 Å². The van der Waals surface area contributed by atoms with Crippen LogP contribution in [-0.2, 0) is 10.9 Å². The van der Waals surface area contributed by atoms with Gasteiger partial charge in [-0.1, -0.05) is 11.6 Å². The van der Waals surface area contributed by atoms with Gasteiger partial charge in [-0.3, -0.25) is 0 Å². The molecule has 0 unspecified atom stereocenters. The minimum atomic E-state index is -4.51. The average molecular weight is 338 g/mol. The smallest absolute Gasteiger partial charge is 0.420 e. The third kappa shape index (κ3) is 4.51. The van der Waals surface area contributed by atoms with Crippen LogP contribution >= 0.6 is 11.6 Å². The topological polar surface area (TPSA) is 30.5 Å². The van der Waals surface area contributed by atoms with Crippen molar-refractivity contribution in [2.24, 2.45) is 5.92 Å². The van der Waals surface area contributed by atoms with Crippen LogP contribution in [0.4, 0.5) is 13.2 Å². The molecule has 0 saturated carbocycles. The van der Waals surface area contributed by atoms with Gasteiger partial charge in [0.05, 0.1) is 12.2 Å². The second-order valence-corrected chi connectivity index (χ2v) is 5.64. The van der Waals surface area contributed by atoms with Crippen LogP contribution < -0.4 is 10.1 Å². The predicted molar refractivity (Wildman–Crippen MR) is 78.3 cm³/mol. The Balaban J connectivity index is 2.21. The summed E-state index contributed by atoms with van der Waals surface area (Å²) in [7, 11) is 0. The third-order valence-corrected chi connectivity index (χ3v) is 3.87. The molecule has 3 nitrogen and oxygen atoms in total. The van der Waals surface area contributed by atoms with Gasteiger partial charge >= 0.3 is 6.18 Å². The fourth-order valence-corrected chi connectivity index (χ4v) is 2.66. The second-order valence-electron chi connectivity index (χ2n) is 5.21. The van der Waals surface area contributed by atoms with Crippen LogP contribution in [0.15, 0.2) is 18.2 Å². The van der Waals surface area contributed by atoms with E-state index in [1.165, 1.54) is 12.1 Å². The molecule has 124 valence electrons. The van der Waals surface area contributed by atoms with Crippen LogP contribution in [0.2, 0.25) is 5.02 Å². The quantitative estimate of drug-likeness (QED) is 0.857. The van der Waals surface area contributed by atoms with Crippen molar-refractivity contribution in [2.75, 3.05) is 26.3 Å². The summed E-state index contributed by atoms with van der Waals surface area (Å²) in [6, 6.07) is 3.56. The van der Waals surface area contributed by atoms with E-state index in [1.807, 2.05) is 6.92 Å². The number of alkyl halides is 3. The molecule has 1 saturated heterocycles. The van der Waals surface area contributed by atoms with E-state index in [2.05, 4.69) is 5.32 Å². The molecule has 2 atom stereocenters. The molecule has 0 amide bonds. The molecule has 1 aliphatic heterocycles. The van der Waals surface area contributed by atoms with Crippen molar-refractivity contribution in [1.29, 1.82) is 0 Å². The normalized spacial score (nSPS) is 20.1. The summed E-state index contributed by atoms with van der Waals surface area (Å²) in [4.78, 5) is 0. The molecule has 1 aliphatic rings. The lowest BCUT2D eigenvalue weighted by Gasteiger charge is -2.26. The van der Waals surface area contributed by atoms with E-state index in [0.717, 1.165) is 19.0 Å². The fraction of sp³-hybridized carbons (Fsp3) is 0.600. The molecule has 22 heavy (non-hydrogen) atoms. The van der Waals surface area contributed by atoms with Crippen LogP contribution in [0.5, 0.6) is 5.75 Å². The summed E-state index contributed by atoms with van der Waals surface area (Å²) in [5, 5.41) is 3.22. The van der Waals surface area contributed by atoms with Crippen molar-refractivity contribution < 1.29 is 22.6 Å². The first-order chi connectivity index (χ1) is 10.4. The summed E-state index contributed by atoms with van der Waals surface area (Å²) in [6.07, 6.45) is -4.07. The zero-order chi connectivity index (χ0) is 16.2. The van der Waals surface area contributed by atoms with Crippen molar-refractivity contribution >= 4 is 11.6 Å². The number of hydrogen-bond donors (Lipinski definition) is 1. The monoisotopic (exact) mass is 337 g/mol. The molecule has 2 rings (SSSR count). The maximum absolute atomic E-state index is 13.1. The second kappa shape index (κ2) is 7.53.